The van der Waals surface area contributed by atoms with Crippen LogP contribution in [-0.4, -0.2) is 63.7 Å². The van der Waals surface area contributed by atoms with Gasteiger partial charge < -0.3 is 19.9 Å². The highest BCUT2D eigenvalue weighted by Crippen LogP contribution is 2.18. The van der Waals surface area contributed by atoms with Crippen LogP contribution in [0.2, 0.25) is 0 Å². The van der Waals surface area contributed by atoms with Crippen molar-refractivity contribution in [2.45, 2.75) is 19.8 Å². The third-order valence-corrected chi connectivity index (χ3v) is 4.56. The second-order valence-electron chi connectivity index (χ2n) is 6.28. The number of ether oxygens (including phenoxy) is 1. The van der Waals surface area contributed by atoms with Crippen molar-refractivity contribution < 1.29 is 9.53 Å². The first kappa shape index (κ1) is 22.5. The number of nitrogens with zero attached hydrogens (tertiary/aromatic N) is 3. The number of nitrogens with one attached hydrogen (secondary N) is 1. The number of piperidine rings is 1. The fraction of sp³-hybridized carbons (Fsp3) is 0.579. The summed E-state index contributed by atoms with van der Waals surface area (Å²) in [4.78, 5) is 20.9. The molecule has 0 saturated carbocycles. The van der Waals surface area contributed by atoms with Gasteiger partial charge in [-0.25, -0.2) is 0 Å². The molecule has 1 aliphatic heterocycles. The predicted molar refractivity (Wildman–Crippen MR) is 117 cm³/mol. The van der Waals surface area contributed by atoms with E-state index in [-0.39, 0.29) is 35.9 Å². The van der Waals surface area contributed by atoms with Gasteiger partial charge in [-0.1, -0.05) is 18.2 Å². The van der Waals surface area contributed by atoms with Gasteiger partial charge in [-0.15, -0.1) is 24.0 Å². The van der Waals surface area contributed by atoms with Crippen molar-refractivity contribution in [1.29, 1.82) is 0 Å². The number of likely N-dealkylation sites (N-methyl/N-ethyl adjacent to an activating group) is 1. The first-order valence-electron chi connectivity index (χ1n) is 9.03. The molecule has 0 aromatic heterocycles. The van der Waals surface area contributed by atoms with Crippen molar-refractivity contribution >= 4 is 41.6 Å². The normalized spacial score (nSPS) is 15.2. The summed E-state index contributed by atoms with van der Waals surface area (Å²) in [5.74, 6) is 0.867. The van der Waals surface area contributed by atoms with Gasteiger partial charge in [0.25, 0.3) is 0 Å². The topological polar surface area (TPSA) is 57.2 Å². The molecule has 0 unspecified atom stereocenters. The van der Waals surface area contributed by atoms with E-state index in [1.54, 1.807) is 0 Å². The number of hydrogen-bond donors (Lipinski definition) is 1. The summed E-state index contributed by atoms with van der Waals surface area (Å²) in [7, 11) is 3.54. The summed E-state index contributed by atoms with van der Waals surface area (Å²) in [6.07, 6.45) is 1.64. The van der Waals surface area contributed by atoms with Gasteiger partial charge in [0.05, 0.1) is 19.6 Å². The molecule has 146 valence electrons. The van der Waals surface area contributed by atoms with Crippen LogP contribution < -0.4 is 10.2 Å². The van der Waals surface area contributed by atoms with E-state index in [0.717, 1.165) is 51.5 Å². The van der Waals surface area contributed by atoms with Gasteiger partial charge in [0.1, 0.15) is 0 Å². The average Bonchev–Trinajstić information content (AvgIpc) is 2.67. The van der Waals surface area contributed by atoms with Crippen LogP contribution in [0.25, 0.3) is 0 Å². The quantitative estimate of drug-likeness (QED) is 0.297. The standard InChI is InChI=1S/C19H30N4O2.HI/c1-4-20-19(23-13-10-16(11-14-23)18(24)25-3)21-12-15-22(2)17-8-6-5-7-9-17;/h5-9,16H,4,10-15H2,1-3H3,(H,20,21);1H. The molecule has 1 saturated heterocycles. The van der Waals surface area contributed by atoms with E-state index in [1.807, 2.05) is 18.2 Å². The van der Waals surface area contributed by atoms with E-state index in [1.165, 1.54) is 12.8 Å². The molecule has 0 spiro atoms. The second-order valence-corrected chi connectivity index (χ2v) is 6.28. The number of guanidine groups is 1. The van der Waals surface area contributed by atoms with Crippen LogP contribution in [0.1, 0.15) is 19.8 Å². The van der Waals surface area contributed by atoms with Gasteiger partial charge in [-0.2, -0.15) is 0 Å². The molecule has 1 N–H and O–H groups in total. The summed E-state index contributed by atoms with van der Waals surface area (Å²) in [6, 6.07) is 10.3. The van der Waals surface area contributed by atoms with Crippen molar-refractivity contribution in [3.05, 3.63) is 30.3 Å². The zero-order chi connectivity index (χ0) is 18.1. The number of para-hydroxylation sites is 1. The van der Waals surface area contributed by atoms with Gasteiger partial charge in [-0.05, 0) is 31.9 Å². The minimum atomic E-state index is -0.0916. The highest BCUT2D eigenvalue weighted by Gasteiger charge is 2.26. The van der Waals surface area contributed by atoms with Crippen molar-refractivity contribution in [3.63, 3.8) is 0 Å². The van der Waals surface area contributed by atoms with E-state index < -0.39 is 0 Å². The number of esters is 1. The molecule has 0 atom stereocenters. The number of halogens is 1. The lowest BCUT2D eigenvalue weighted by Crippen LogP contribution is -2.47. The number of rotatable bonds is 6. The highest BCUT2D eigenvalue weighted by atomic mass is 127. The Morgan fingerprint density at radius 2 is 1.96 bits per heavy atom. The Labute approximate surface area is 174 Å². The SMILES string of the molecule is CCNC(=NCCN(C)c1ccccc1)N1CCC(C(=O)OC)CC1.I. The van der Waals surface area contributed by atoms with Crippen LogP contribution in [0.15, 0.2) is 35.3 Å². The maximum Gasteiger partial charge on any atom is 0.308 e. The Morgan fingerprint density at radius 3 is 2.54 bits per heavy atom. The maximum atomic E-state index is 11.7. The molecule has 1 fully saturated rings. The average molecular weight is 474 g/mol. The highest BCUT2D eigenvalue weighted by molar-refractivity contribution is 14.0. The molecule has 0 radical (unpaired) electrons. The lowest BCUT2D eigenvalue weighted by Gasteiger charge is -2.33. The van der Waals surface area contributed by atoms with Gasteiger partial charge in [0.2, 0.25) is 0 Å². The molecule has 1 heterocycles. The minimum Gasteiger partial charge on any atom is -0.469 e. The third kappa shape index (κ3) is 6.66. The predicted octanol–water partition coefficient (Wildman–Crippen LogP) is 2.59. The van der Waals surface area contributed by atoms with Crippen molar-refractivity contribution in [2.75, 3.05) is 51.8 Å². The molecule has 2 rings (SSSR count). The molecular formula is C19H31IN4O2. The van der Waals surface area contributed by atoms with Crippen molar-refractivity contribution in [2.24, 2.45) is 10.9 Å². The van der Waals surface area contributed by atoms with Gasteiger partial charge >= 0.3 is 5.97 Å². The molecule has 1 aromatic carbocycles. The largest absolute Gasteiger partial charge is 0.469 e. The molecule has 26 heavy (non-hydrogen) atoms. The van der Waals surface area contributed by atoms with Crippen LogP contribution in [0.3, 0.4) is 0 Å². The summed E-state index contributed by atoms with van der Waals surface area (Å²) in [5.41, 5.74) is 1.20. The lowest BCUT2D eigenvalue weighted by atomic mass is 9.97. The van der Waals surface area contributed by atoms with E-state index in [9.17, 15) is 4.79 Å². The Kier molecular flexibility index (Phi) is 10.4. The van der Waals surface area contributed by atoms with Crippen LogP contribution in [0, 0.1) is 5.92 Å². The number of carbonyl (C=O) groups is 1. The van der Waals surface area contributed by atoms with E-state index in [0.29, 0.717) is 0 Å². The third-order valence-electron chi connectivity index (χ3n) is 4.56. The molecule has 0 aliphatic carbocycles. The Morgan fingerprint density at radius 1 is 1.31 bits per heavy atom. The zero-order valence-electron chi connectivity index (χ0n) is 16.0. The number of aliphatic imine (C=N–C) groups is 1. The number of carbonyl (C=O) groups excluding carboxylic acids is 1. The van der Waals surface area contributed by atoms with Crippen molar-refractivity contribution in [1.82, 2.24) is 10.2 Å². The van der Waals surface area contributed by atoms with Gasteiger partial charge in [0.15, 0.2) is 5.96 Å². The molecule has 0 amide bonds. The number of likely N-dealkylation sites (tertiary alicyclic amines) is 1. The maximum absolute atomic E-state index is 11.7. The number of methoxy groups -OCH3 is 1. The van der Waals surface area contributed by atoms with Crippen LogP contribution in [0.5, 0.6) is 0 Å². The fourth-order valence-corrected chi connectivity index (χ4v) is 3.04. The number of benzene rings is 1. The second kappa shape index (κ2) is 12.0. The minimum absolute atomic E-state index is 0. The van der Waals surface area contributed by atoms with Crippen LogP contribution >= 0.6 is 24.0 Å². The van der Waals surface area contributed by atoms with Gasteiger partial charge in [-0.3, -0.25) is 9.79 Å². The fourth-order valence-electron chi connectivity index (χ4n) is 3.04. The monoisotopic (exact) mass is 474 g/mol. The Hall–Kier alpha value is -1.51. The van der Waals surface area contributed by atoms with Crippen molar-refractivity contribution in [3.8, 4) is 0 Å². The van der Waals surface area contributed by atoms with E-state index in [4.69, 9.17) is 9.73 Å². The summed E-state index contributed by atoms with van der Waals surface area (Å²) >= 11 is 0. The molecule has 1 aromatic rings. The smallest absolute Gasteiger partial charge is 0.308 e. The first-order chi connectivity index (χ1) is 12.2. The van der Waals surface area contributed by atoms with Crippen LogP contribution in [-0.2, 0) is 9.53 Å². The van der Waals surface area contributed by atoms with E-state index in [2.05, 4.69) is 41.2 Å². The lowest BCUT2D eigenvalue weighted by molar-refractivity contribution is -0.146. The molecular weight excluding hydrogens is 443 g/mol. The number of anilines is 1. The first-order valence-corrected chi connectivity index (χ1v) is 9.03. The summed E-state index contributed by atoms with van der Waals surface area (Å²) in [5, 5.41) is 3.37. The molecule has 1 aliphatic rings. The Balaban J connectivity index is 0.00000338. The van der Waals surface area contributed by atoms with E-state index >= 15 is 0 Å². The van der Waals surface area contributed by atoms with Crippen LogP contribution in [0.4, 0.5) is 5.69 Å². The summed E-state index contributed by atoms with van der Waals surface area (Å²) in [6.45, 7) is 6.17. The Bertz CT molecular complexity index is 560. The molecule has 6 nitrogen and oxygen atoms in total. The zero-order valence-corrected chi connectivity index (χ0v) is 18.3. The van der Waals surface area contributed by atoms with Gasteiger partial charge in [0, 0.05) is 38.9 Å². The molecule has 0 bridgehead atoms. The number of hydrogen-bond acceptors (Lipinski definition) is 4. The summed E-state index contributed by atoms with van der Waals surface area (Å²) < 4.78 is 4.86. The molecule has 7 heteroatoms.